The summed E-state index contributed by atoms with van der Waals surface area (Å²) in [5, 5.41) is 0. The van der Waals surface area contributed by atoms with Gasteiger partial charge in [-0.2, -0.15) is 0 Å². The van der Waals surface area contributed by atoms with Crippen LogP contribution in [0.2, 0.25) is 0 Å². The van der Waals surface area contributed by atoms with Crippen LogP contribution in [0.1, 0.15) is 0 Å². The molecule has 0 saturated heterocycles. The normalized spacial score (nSPS) is 11.5. The van der Waals surface area contributed by atoms with E-state index < -0.39 is 15.8 Å². The molecule has 2 aromatic heterocycles. The predicted molar refractivity (Wildman–Crippen MR) is 64.5 cm³/mol. The van der Waals surface area contributed by atoms with Crippen LogP contribution in [0.25, 0.3) is 11.2 Å². The molecule has 0 bridgehead atoms. The molecule has 1 unspecified atom stereocenters. The molecule has 0 amide bonds. The first-order chi connectivity index (χ1) is 7.93. The van der Waals surface area contributed by atoms with Gasteiger partial charge < -0.3 is 0 Å². The summed E-state index contributed by atoms with van der Waals surface area (Å²) in [7, 11) is 0. The van der Waals surface area contributed by atoms with E-state index in [0.717, 1.165) is 15.6 Å². The van der Waals surface area contributed by atoms with E-state index in [1.54, 1.807) is 12.7 Å². The van der Waals surface area contributed by atoms with Crippen LogP contribution in [0.5, 0.6) is 0 Å². The maximum absolute atomic E-state index is 4.34. The summed E-state index contributed by atoms with van der Waals surface area (Å²) >= 11 is -0.426. The number of nitrogens with zero attached hydrogens (tertiary/aromatic N) is 3. The number of rotatable bonds is 2. The first-order valence-corrected chi connectivity index (χ1v) is 6.99. The van der Waals surface area contributed by atoms with Crippen molar-refractivity contribution in [3.8, 4) is 0 Å². The summed E-state index contributed by atoms with van der Waals surface area (Å²) in [6, 6.07) is 10.4. The number of imidazole rings is 1. The Bertz CT molecular complexity index is 605. The van der Waals surface area contributed by atoms with Crippen LogP contribution in [0.3, 0.4) is 0 Å². The van der Waals surface area contributed by atoms with Gasteiger partial charge in [0.15, 0.2) is 0 Å². The Kier molecular flexibility index (Phi) is 2.42. The Morgan fingerprint density at radius 3 is 2.75 bits per heavy atom. The van der Waals surface area contributed by atoms with E-state index in [1.165, 1.54) is 4.35 Å². The van der Waals surface area contributed by atoms with Crippen molar-refractivity contribution in [3.63, 3.8) is 0 Å². The van der Waals surface area contributed by atoms with Crippen LogP contribution in [0.15, 0.2) is 43.0 Å². The third kappa shape index (κ3) is 1.72. The van der Waals surface area contributed by atoms with Crippen LogP contribution in [0.4, 0.5) is 0 Å². The standard InChI is InChI=1S/C11H9AsN4/c1-2-4-8(5-3-1)12-10-9-11(15-6-13-9)16-7-14-10/h1-7,12H,(H,13,14,15,16). The van der Waals surface area contributed by atoms with Gasteiger partial charge in [-0.3, -0.25) is 0 Å². The number of hydrogen-bond donors (Lipinski definition) is 1. The second-order valence-corrected chi connectivity index (χ2v) is 6.04. The molecule has 0 fully saturated rings. The zero-order valence-corrected chi connectivity index (χ0v) is 10.5. The summed E-state index contributed by atoms with van der Waals surface area (Å²) in [4.78, 5) is 15.7. The summed E-state index contributed by atoms with van der Waals surface area (Å²) in [6.45, 7) is 0. The van der Waals surface area contributed by atoms with Crippen LogP contribution in [0, 0.1) is 0 Å². The Labute approximate surface area is 98.8 Å². The fourth-order valence-electron chi connectivity index (χ4n) is 1.51. The molecule has 1 atom stereocenters. The molecule has 0 aliphatic carbocycles. The van der Waals surface area contributed by atoms with E-state index in [1.807, 2.05) is 6.07 Å². The molecule has 1 aromatic carbocycles. The molecular weight excluding hydrogens is 263 g/mol. The maximum atomic E-state index is 4.34. The first-order valence-electron chi connectivity index (χ1n) is 4.89. The van der Waals surface area contributed by atoms with Crippen molar-refractivity contribution in [2.75, 3.05) is 0 Å². The van der Waals surface area contributed by atoms with Gasteiger partial charge in [-0.15, -0.1) is 0 Å². The minimum absolute atomic E-state index is 0.426. The number of H-pyrrole nitrogens is 1. The van der Waals surface area contributed by atoms with E-state index in [2.05, 4.69) is 44.2 Å². The number of aromatic amines is 1. The van der Waals surface area contributed by atoms with Gasteiger partial charge in [-0.1, -0.05) is 0 Å². The summed E-state index contributed by atoms with van der Waals surface area (Å²) in [5.74, 6) is 0. The van der Waals surface area contributed by atoms with Gasteiger partial charge in [0, 0.05) is 0 Å². The van der Waals surface area contributed by atoms with Crippen molar-refractivity contribution in [2.45, 2.75) is 0 Å². The Hall–Kier alpha value is -1.67. The first kappa shape index (κ1) is 9.55. The van der Waals surface area contributed by atoms with Crippen LogP contribution >= 0.6 is 0 Å². The average Bonchev–Trinajstić information content (AvgIpc) is 2.80. The molecule has 0 spiro atoms. The number of benzene rings is 1. The third-order valence-electron chi connectivity index (χ3n) is 2.25. The number of nitrogens with one attached hydrogen (secondary N) is 1. The molecule has 3 rings (SSSR count). The fraction of sp³-hybridized carbons (Fsp3) is 0. The van der Waals surface area contributed by atoms with Gasteiger partial charge >= 0.3 is 98.7 Å². The number of aromatic nitrogens is 4. The monoisotopic (exact) mass is 272 g/mol. The van der Waals surface area contributed by atoms with E-state index in [9.17, 15) is 0 Å². The van der Waals surface area contributed by atoms with Gasteiger partial charge in [-0.05, 0) is 0 Å². The topological polar surface area (TPSA) is 54.5 Å². The molecule has 1 N–H and O–H groups in total. The fourth-order valence-corrected chi connectivity index (χ4v) is 3.73. The van der Waals surface area contributed by atoms with Gasteiger partial charge in [0.2, 0.25) is 0 Å². The van der Waals surface area contributed by atoms with Gasteiger partial charge in [0.05, 0.1) is 0 Å². The zero-order valence-electron chi connectivity index (χ0n) is 8.38. The molecule has 3 aromatic rings. The Balaban J connectivity index is 2.04. The Morgan fingerprint density at radius 1 is 1.00 bits per heavy atom. The summed E-state index contributed by atoms with van der Waals surface area (Å²) < 4.78 is 2.43. The zero-order chi connectivity index (χ0) is 10.8. The van der Waals surface area contributed by atoms with E-state index in [0.29, 0.717) is 0 Å². The predicted octanol–water partition coefficient (Wildman–Crippen LogP) is -0.260. The van der Waals surface area contributed by atoms with Crippen LogP contribution in [-0.2, 0) is 0 Å². The van der Waals surface area contributed by atoms with Crippen LogP contribution < -0.4 is 8.83 Å². The molecule has 0 saturated carbocycles. The minimum atomic E-state index is -0.426. The van der Waals surface area contributed by atoms with E-state index in [4.69, 9.17) is 0 Å². The molecule has 0 aliphatic heterocycles. The number of fused-ring (bicyclic) bond motifs is 1. The van der Waals surface area contributed by atoms with Crippen molar-refractivity contribution in [3.05, 3.63) is 43.0 Å². The second-order valence-electron chi connectivity index (χ2n) is 3.31. The van der Waals surface area contributed by atoms with E-state index >= 15 is 0 Å². The van der Waals surface area contributed by atoms with Crippen molar-refractivity contribution in [1.82, 2.24) is 19.9 Å². The Morgan fingerprint density at radius 2 is 1.88 bits per heavy atom. The molecule has 2 heterocycles. The van der Waals surface area contributed by atoms with Gasteiger partial charge in [0.1, 0.15) is 0 Å². The van der Waals surface area contributed by atoms with Crippen molar-refractivity contribution < 1.29 is 0 Å². The van der Waals surface area contributed by atoms with Crippen molar-refractivity contribution in [2.24, 2.45) is 0 Å². The molecule has 0 radical (unpaired) electrons. The molecule has 5 heteroatoms. The molecule has 0 aliphatic rings. The van der Waals surface area contributed by atoms with E-state index in [-0.39, 0.29) is 0 Å². The quantitative estimate of drug-likeness (QED) is 0.654. The average molecular weight is 272 g/mol. The van der Waals surface area contributed by atoms with Crippen LogP contribution in [-0.4, -0.2) is 35.7 Å². The third-order valence-corrected chi connectivity index (χ3v) is 4.82. The van der Waals surface area contributed by atoms with Crippen molar-refractivity contribution in [1.29, 1.82) is 0 Å². The molecule has 78 valence electrons. The SMILES string of the molecule is c1ccc([AsH]c2ncnc3[nH]cnc23)cc1. The van der Waals surface area contributed by atoms with Crippen molar-refractivity contribution >= 4 is 35.7 Å². The van der Waals surface area contributed by atoms with Gasteiger partial charge in [0.25, 0.3) is 0 Å². The summed E-state index contributed by atoms with van der Waals surface area (Å²) in [6.07, 6.45) is 3.27. The van der Waals surface area contributed by atoms with Gasteiger partial charge in [-0.25, -0.2) is 0 Å². The second kappa shape index (κ2) is 4.06. The number of hydrogen-bond acceptors (Lipinski definition) is 3. The summed E-state index contributed by atoms with van der Waals surface area (Å²) in [5.41, 5.74) is 1.73. The molecule has 4 nitrogen and oxygen atoms in total. The molecule has 16 heavy (non-hydrogen) atoms. The molecular formula is C11H9AsN4.